The van der Waals surface area contributed by atoms with Gasteiger partial charge in [0.05, 0.1) is 27.9 Å². The number of rotatable bonds is 6. The molecule has 7 nitrogen and oxygen atoms in total. The van der Waals surface area contributed by atoms with E-state index in [2.05, 4.69) is 18.0 Å². The lowest BCUT2D eigenvalue weighted by Gasteiger charge is -2.18. The Balaban J connectivity index is 1.76. The molecule has 0 aliphatic heterocycles. The first-order valence-electron chi connectivity index (χ1n) is 9.03. The second kappa shape index (κ2) is 7.84. The highest BCUT2D eigenvalue weighted by Gasteiger charge is 2.24. The molecule has 0 N–H and O–H groups in total. The topological polar surface area (TPSA) is 89.5 Å². The summed E-state index contributed by atoms with van der Waals surface area (Å²) in [7, 11) is 0. The van der Waals surface area contributed by atoms with Crippen LogP contribution in [0.1, 0.15) is 28.6 Å². The number of carbonyl (C=O) groups excluding carboxylic acids is 1. The Morgan fingerprint density at radius 3 is 2.79 bits per heavy atom. The van der Waals surface area contributed by atoms with Crippen LogP contribution in [0.3, 0.4) is 0 Å². The van der Waals surface area contributed by atoms with Crippen LogP contribution in [-0.4, -0.2) is 15.8 Å². The molecule has 0 bridgehead atoms. The van der Waals surface area contributed by atoms with Gasteiger partial charge in [0.2, 0.25) is 0 Å². The Kier molecular flexibility index (Phi) is 5.09. The summed E-state index contributed by atoms with van der Waals surface area (Å²) in [6.07, 6.45) is 2.45. The third-order valence-electron chi connectivity index (χ3n) is 4.52. The van der Waals surface area contributed by atoms with Crippen LogP contribution < -0.4 is 4.90 Å². The highest BCUT2D eigenvalue weighted by molar-refractivity contribution is 7.22. The van der Waals surface area contributed by atoms with E-state index in [1.807, 2.05) is 12.1 Å². The summed E-state index contributed by atoms with van der Waals surface area (Å²) in [5.41, 5.74) is 2.08. The summed E-state index contributed by atoms with van der Waals surface area (Å²) >= 11 is 1.41. The number of nitro benzene ring substituents is 1. The van der Waals surface area contributed by atoms with E-state index in [0.717, 1.165) is 16.6 Å². The van der Waals surface area contributed by atoms with E-state index in [4.69, 9.17) is 4.42 Å². The van der Waals surface area contributed by atoms with Gasteiger partial charge in [-0.3, -0.25) is 19.8 Å². The first kappa shape index (κ1) is 18.8. The Bertz CT molecular complexity index is 1180. The second-order valence-electron chi connectivity index (χ2n) is 6.43. The van der Waals surface area contributed by atoms with Crippen molar-refractivity contribution in [3.8, 4) is 0 Å². The van der Waals surface area contributed by atoms with E-state index in [9.17, 15) is 14.9 Å². The molecule has 0 fully saturated rings. The Hall–Kier alpha value is -3.52. The van der Waals surface area contributed by atoms with Crippen molar-refractivity contribution >= 4 is 38.3 Å². The van der Waals surface area contributed by atoms with Gasteiger partial charge < -0.3 is 4.42 Å². The van der Waals surface area contributed by atoms with Crippen molar-refractivity contribution in [3.63, 3.8) is 0 Å². The molecule has 4 rings (SSSR count). The monoisotopic (exact) mass is 407 g/mol. The minimum atomic E-state index is -0.516. The Labute approximate surface area is 170 Å². The number of carbonyl (C=O) groups is 1. The summed E-state index contributed by atoms with van der Waals surface area (Å²) in [5.74, 6) is 0.220. The van der Waals surface area contributed by atoms with Gasteiger partial charge in [-0.1, -0.05) is 30.4 Å². The van der Waals surface area contributed by atoms with Crippen molar-refractivity contribution in [2.45, 2.75) is 19.9 Å². The van der Waals surface area contributed by atoms with Gasteiger partial charge in [0.15, 0.2) is 5.13 Å². The lowest BCUT2D eigenvalue weighted by Crippen LogP contribution is -2.30. The molecule has 1 amide bonds. The van der Waals surface area contributed by atoms with E-state index in [1.54, 1.807) is 18.2 Å². The number of amides is 1. The first-order valence-corrected chi connectivity index (χ1v) is 9.85. The highest BCUT2D eigenvalue weighted by atomic mass is 32.1. The van der Waals surface area contributed by atoms with Crippen molar-refractivity contribution < 1.29 is 14.1 Å². The lowest BCUT2D eigenvalue weighted by molar-refractivity contribution is -0.384. The third-order valence-corrected chi connectivity index (χ3v) is 5.56. The highest BCUT2D eigenvalue weighted by Crippen LogP contribution is 2.32. The van der Waals surface area contributed by atoms with Crippen molar-refractivity contribution in [1.82, 2.24) is 4.98 Å². The number of aryl methyl sites for hydroxylation is 1. The van der Waals surface area contributed by atoms with E-state index < -0.39 is 4.92 Å². The summed E-state index contributed by atoms with van der Waals surface area (Å²) in [6, 6.07) is 15.3. The number of anilines is 1. The smallest absolute Gasteiger partial charge is 0.270 e. The molecule has 0 aliphatic rings. The van der Waals surface area contributed by atoms with Gasteiger partial charge in [-0.2, -0.15) is 0 Å². The van der Waals surface area contributed by atoms with Crippen LogP contribution in [0.25, 0.3) is 10.2 Å². The predicted octanol–water partition coefficient (Wildman–Crippen LogP) is 5.21. The molecule has 0 atom stereocenters. The Morgan fingerprint density at radius 2 is 2.07 bits per heavy atom. The molecule has 2 aromatic heterocycles. The second-order valence-corrected chi connectivity index (χ2v) is 7.44. The van der Waals surface area contributed by atoms with Gasteiger partial charge in [0, 0.05) is 17.7 Å². The number of aromatic nitrogens is 1. The third kappa shape index (κ3) is 3.88. The SMILES string of the molecule is CCc1ccc2nc(N(Cc3ccco3)C(=O)c3cccc([N+](=O)[O-])c3)sc2c1. The predicted molar refractivity (Wildman–Crippen MR) is 111 cm³/mol. The molecule has 2 heterocycles. The lowest BCUT2D eigenvalue weighted by atomic mass is 10.1. The van der Waals surface area contributed by atoms with Crippen molar-refractivity contribution in [2.24, 2.45) is 0 Å². The van der Waals surface area contributed by atoms with Gasteiger partial charge in [0.25, 0.3) is 11.6 Å². The number of thiazole rings is 1. The largest absolute Gasteiger partial charge is 0.467 e. The van der Waals surface area contributed by atoms with Crippen LogP contribution in [0.2, 0.25) is 0 Å². The molecule has 0 saturated heterocycles. The molecule has 4 aromatic rings. The van der Waals surface area contributed by atoms with Gasteiger partial charge in [0.1, 0.15) is 5.76 Å². The van der Waals surface area contributed by atoms with Crippen LogP contribution in [-0.2, 0) is 13.0 Å². The van der Waals surface area contributed by atoms with Crippen LogP contribution in [0, 0.1) is 10.1 Å². The van der Waals surface area contributed by atoms with Crippen LogP contribution in [0.15, 0.2) is 65.3 Å². The van der Waals surface area contributed by atoms with E-state index in [0.29, 0.717) is 10.9 Å². The number of benzene rings is 2. The van der Waals surface area contributed by atoms with E-state index >= 15 is 0 Å². The summed E-state index contributed by atoms with van der Waals surface area (Å²) < 4.78 is 6.40. The van der Waals surface area contributed by atoms with E-state index in [-0.39, 0.29) is 23.7 Å². The molecule has 29 heavy (non-hydrogen) atoms. The Morgan fingerprint density at radius 1 is 1.21 bits per heavy atom. The van der Waals surface area contributed by atoms with Crippen molar-refractivity contribution in [2.75, 3.05) is 4.90 Å². The molecule has 0 radical (unpaired) electrons. The zero-order valence-corrected chi connectivity index (χ0v) is 16.4. The van der Waals surface area contributed by atoms with Crippen LogP contribution in [0.5, 0.6) is 0 Å². The molecule has 0 aliphatic carbocycles. The number of fused-ring (bicyclic) bond motifs is 1. The maximum atomic E-state index is 13.3. The van der Waals surface area contributed by atoms with Crippen LogP contribution >= 0.6 is 11.3 Å². The maximum absolute atomic E-state index is 13.3. The average molecular weight is 407 g/mol. The standard InChI is InChI=1S/C21H17N3O4S/c1-2-14-8-9-18-19(11-14)29-21(22-18)23(13-17-7-4-10-28-17)20(25)15-5-3-6-16(12-15)24(26)27/h3-12H,2,13H2,1H3. The molecule has 0 saturated carbocycles. The normalized spacial score (nSPS) is 10.9. The molecule has 0 spiro atoms. The minimum absolute atomic E-state index is 0.134. The van der Waals surface area contributed by atoms with E-state index in [1.165, 1.54) is 46.3 Å². The average Bonchev–Trinajstić information content (AvgIpc) is 3.40. The molecule has 8 heteroatoms. The number of non-ortho nitro benzene ring substituents is 1. The first-order chi connectivity index (χ1) is 14.0. The fourth-order valence-corrected chi connectivity index (χ4v) is 4.01. The zero-order chi connectivity index (χ0) is 20.4. The zero-order valence-electron chi connectivity index (χ0n) is 15.6. The molecular formula is C21H17N3O4S. The number of nitro groups is 1. The molecular weight excluding hydrogens is 390 g/mol. The van der Waals surface area contributed by atoms with Crippen molar-refractivity contribution in [1.29, 1.82) is 0 Å². The number of nitrogens with zero attached hydrogens (tertiary/aromatic N) is 3. The molecule has 2 aromatic carbocycles. The fraction of sp³-hybridized carbons (Fsp3) is 0.143. The minimum Gasteiger partial charge on any atom is -0.467 e. The number of hydrogen-bond acceptors (Lipinski definition) is 6. The molecule has 0 unspecified atom stereocenters. The summed E-state index contributed by atoms with van der Waals surface area (Å²) in [5, 5.41) is 11.6. The maximum Gasteiger partial charge on any atom is 0.270 e. The quantitative estimate of drug-likeness (QED) is 0.323. The number of furan rings is 1. The summed E-state index contributed by atoms with van der Waals surface area (Å²) in [4.78, 5) is 30.0. The van der Waals surface area contributed by atoms with Gasteiger partial charge in [-0.25, -0.2) is 4.98 Å². The van der Waals surface area contributed by atoms with Gasteiger partial charge in [-0.05, 0) is 42.3 Å². The van der Waals surface area contributed by atoms with Crippen LogP contribution in [0.4, 0.5) is 10.8 Å². The fourth-order valence-electron chi connectivity index (χ4n) is 2.99. The van der Waals surface area contributed by atoms with Gasteiger partial charge in [-0.15, -0.1) is 0 Å². The number of hydrogen-bond donors (Lipinski definition) is 0. The van der Waals surface area contributed by atoms with Gasteiger partial charge >= 0.3 is 0 Å². The summed E-state index contributed by atoms with van der Waals surface area (Å²) in [6.45, 7) is 2.26. The van der Waals surface area contributed by atoms with Crippen molar-refractivity contribution in [3.05, 3.63) is 87.9 Å². The molecule has 146 valence electrons.